The van der Waals surface area contributed by atoms with Crippen molar-refractivity contribution in [1.82, 2.24) is 4.90 Å². The molecule has 1 unspecified atom stereocenters. The molecule has 102 valence electrons. The highest BCUT2D eigenvalue weighted by molar-refractivity contribution is 6.18. The monoisotopic (exact) mass is 289 g/mol. The average molecular weight is 290 g/mol. The predicted octanol–water partition coefficient (Wildman–Crippen LogP) is 3.44. The quantitative estimate of drug-likeness (QED) is 0.770. The molecule has 2 rings (SSSR count). The Hall–Kier alpha value is -0.440. The van der Waals surface area contributed by atoms with Gasteiger partial charge in [0, 0.05) is 19.0 Å². The Kier molecular flexibility index (Phi) is 7.48. The second kappa shape index (κ2) is 8.63. The summed E-state index contributed by atoms with van der Waals surface area (Å²) in [6.07, 6.45) is 2.54. The smallest absolute Gasteiger partial charge is 0.119 e. The van der Waals surface area contributed by atoms with Gasteiger partial charge in [-0.3, -0.25) is 4.90 Å². The lowest BCUT2D eigenvalue weighted by Gasteiger charge is -2.31. The van der Waals surface area contributed by atoms with Gasteiger partial charge in [-0.15, -0.1) is 24.0 Å². The summed E-state index contributed by atoms with van der Waals surface area (Å²) in [7, 11) is 0. The summed E-state index contributed by atoms with van der Waals surface area (Å²) in [5.74, 6) is 2.41. The van der Waals surface area contributed by atoms with E-state index in [0.717, 1.165) is 31.3 Å². The van der Waals surface area contributed by atoms with Crippen molar-refractivity contribution in [1.29, 1.82) is 0 Å². The molecule has 2 nitrogen and oxygen atoms in total. The number of benzene rings is 1. The molecule has 1 aliphatic rings. The molecule has 1 aliphatic heterocycles. The number of piperidine rings is 1. The molecule has 0 amide bonds. The van der Waals surface area contributed by atoms with Gasteiger partial charge >= 0.3 is 0 Å². The Morgan fingerprint density at radius 1 is 1.28 bits per heavy atom. The maximum atomic E-state index is 5.92. The Morgan fingerprint density at radius 2 is 2.06 bits per heavy atom. The Labute approximate surface area is 121 Å². The minimum Gasteiger partial charge on any atom is -0.492 e. The molecule has 1 aromatic carbocycles. The van der Waals surface area contributed by atoms with Gasteiger partial charge < -0.3 is 4.74 Å². The molecule has 1 saturated heterocycles. The molecule has 0 N–H and O–H groups in total. The summed E-state index contributed by atoms with van der Waals surface area (Å²) in [5.41, 5.74) is 0. The predicted molar refractivity (Wildman–Crippen MR) is 79.1 cm³/mol. The van der Waals surface area contributed by atoms with Gasteiger partial charge in [0.2, 0.25) is 0 Å². The average Bonchev–Trinajstić information content (AvgIpc) is 2.40. The topological polar surface area (TPSA) is 12.5 Å². The fourth-order valence-corrected chi connectivity index (χ4v) is 2.54. The van der Waals surface area contributed by atoms with Crippen molar-refractivity contribution in [3.8, 4) is 5.75 Å². The number of ether oxygens (including phenoxy) is 1. The molecule has 0 spiro atoms. The van der Waals surface area contributed by atoms with Crippen molar-refractivity contribution < 1.29 is 4.74 Å². The molecule has 1 atom stereocenters. The molecule has 0 aromatic heterocycles. The van der Waals surface area contributed by atoms with Crippen LogP contribution in [0.25, 0.3) is 0 Å². The number of alkyl halides is 1. The lowest BCUT2D eigenvalue weighted by Crippen LogP contribution is -2.38. The number of para-hydroxylation sites is 1. The number of nitrogens with zero attached hydrogens (tertiary/aromatic N) is 1. The van der Waals surface area contributed by atoms with Gasteiger partial charge in [-0.25, -0.2) is 0 Å². The normalized spacial score (nSPS) is 20.2. The van der Waals surface area contributed by atoms with Crippen molar-refractivity contribution in [2.75, 3.05) is 32.1 Å². The Bertz CT molecular complexity index is 321. The summed E-state index contributed by atoms with van der Waals surface area (Å²) in [6, 6.07) is 10.00. The number of likely N-dealkylation sites (tertiary alicyclic amines) is 1. The van der Waals surface area contributed by atoms with Crippen LogP contribution in [-0.4, -0.2) is 37.0 Å². The van der Waals surface area contributed by atoms with Crippen LogP contribution in [0.15, 0.2) is 30.3 Å². The Morgan fingerprint density at radius 3 is 2.78 bits per heavy atom. The third kappa shape index (κ3) is 5.05. The first-order valence-corrected chi connectivity index (χ1v) is 6.88. The molecule has 0 bridgehead atoms. The summed E-state index contributed by atoms with van der Waals surface area (Å²) in [4.78, 5) is 2.46. The van der Waals surface area contributed by atoms with E-state index in [9.17, 15) is 0 Å². The fourth-order valence-electron chi connectivity index (χ4n) is 2.29. The van der Waals surface area contributed by atoms with E-state index in [1.807, 2.05) is 30.3 Å². The van der Waals surface area contributed by atoms with Crippen LogP contribution >= 0.6 is 24.0 Å². The zero-order chi connectivity index (χ0) is 11.9. The molecular weight excluding hydrogens is 269 g/mol. The molecule has 1 aromatic rings. The number of hydrogen-bond acceptors (Lipinski definition) is 2. The molecule has 0 radical (unpaired) electrons. The summed E-state index contributed by atoms with van der Waals surface area (Å²) in [6.45, 7) is 4.08. The van der Waals surface area contributed by atoms with E-state index in [2.05, 4.69) is 4.90 Å². The summed E-state index contributed by atoms with van der Waals surface area (Å²) in [5, 5.41) is 0. The summed E-state index contributed by atoms with van der Waals surface area (Å²) < 4.78 is 5.70. The standard InChI is InChI=1S/C14H20ClNO.ClH/c15-11-13-5-4-8-16(12-13)9-10-17-14-6-2-1-3-7-14;/h1-3,6-7,13H,4-5,8-12H2;1H. The molecule has 1 fully saturated rings. The largest absolute Gasteiger partial charge is 0.492 e. The lowest BCUT2D eigenvalue weighted by atomic mass is 10.0. The first-order chi connectivity index (χ1) is 8.38. The van der Waals surface area contributed by atoms with Gasteiger partial charge in [-0.1, -0.05) is 18.2 Å². The number of halogens is 2. The van der Waals surface area contributed by atoms with Crippen molar-refractivity contribution in [2.45, 2.75) is 12.8 Å². The second-order valence-corrected chi connectivity index (χ2v) is 4.93. The van der Waals surface area contributed by atoms with Crippen LogP contribution in [-0.2, 0) is 0 Å². The highest BCUT2D eigenvalue weighted by atomic mass is 35.5. The van der Waals surface area contributed by atoms with Crippen molar-refractivity contribution in [2.24, 2.45) is 5.92 Å². The molecular formula is C14H21Cl2NO. The van der Waals surface area contributed by atoms with Gasteiger partial charge in [0.1, 0.15) is 12.4 Å². The van der Waals surface area contributed by atoms with Gasteiger partial charge in [0.15, 0.2) is 0 Å². The van der Waals surface area contributed by atoms with Gasteiger partial charge in [-0.05, 0) is 37.4 Å². The van der Waals surface area contributed by atoms with Gasteiger partial charge in [0.05, 0.1) is 0 Å². The molecule has 0 saturated carbocycles. The second-order valence-electron chi connectivity index (χ2n) is 4.62. The van der Waals surface area contributed by atoms with Crippen LogP contribution in [0.3, 0.4) is 0 Å². The van der Waals surface area contributed by atoms with Crippen molar-refractivity contribution >= 4 is 24.0 Å². The van der Waals surface area contributed by atoms with Crippen LogP contribution in [0.5, 0.6) is 5.75 Å². The first-order valence-electron chi connectivity index (χ1n) is 6.34. The van der Waals surface area contributed by atoms with Gasteiger partial charge in [0.25, 0.3) is 0 Å². The molecule has 4 heteroatoms. The Balaban J connectivity index is 0.00000162. The van der Waals surface area contributed by atoms with E-state index < -0.39 is 0 Å². The molecule has 18 heavy (non-hydrogen) atoms. The van der Waals surface area contributed by atoms with Gasteiger partial charge in [-0.2, -0.15) is 0 Å². The van der Waals surface area contributed by atoms with Crippen molar-refractivity contribution in [3.05, 3.63) is 30.3 Å². The first kappa shape index (κ1) is 15.6. The van der Waals surface area contributed by atoms with E-state index in [-0.39, 0.29) is 12.4 Å². The van der Waals surface area contributed by atoms with Crippen molar-refractivity contribution in [3.63, 3.8) is 0 Å². The van der Waals surface area contributed by atoms with E-state index in [1.54, 1.807) is 0 Å². The third-order valence-electron chi connectivity index (χ3n) is 3.24. The molecule has 0 aliphatic carbocycles. The van der Waals surface area contributed by atoms with E-state index >= 15 is 0 Å². The fraction of sp³-hybridized carbons (Fsp3) is 0.571. The zero-order valence-corrected chi connectivity index (χ0v) is 12.1. The zero-order valence-electron chi connectivity index (χ0n) is 10.6. The maximum absolute atomic E-state index is 5.92. The lowest BCUT2D eigenvalue weighted by molar-refractivity contribution is 0.155. The maximum Gasteiger partial charge on any atom is 0.119 e. The number of hydrogen-bond donors (Lipinski definition) is 0. The van der Waals surface area contributed by atoms with Crippen LogP contribution in [0.4, 0.5) is 0 Å². The van der Waals surface area contributed by atoms with E-state index in [4.69, 9.17) is 16.3 Å². The van der Waals surface area contributed by atoms with Crippen LogP contribution in [0, 0.1) is 5.92 Å². The number of rotatable bonds is 5. The molecule has 1 heterocycles. The van der Waals surface area contributed by atoms with Crippen LogP contribution in [0.2, 0.25) is 0 Å². The van der Waals surface area contributed by atoms with Crippen LogP contribution < -0.4 is 4.74 Å². The third-order valence-corrected chi connectivity index (χ3v) is 3.68. The highest BCUT2D eigenvalue weighted by Crippen LogP contribution is 2.17. The van der Waals surface area contributed by atoms with E-state index in [0.29, 0.717) is 5.92 Å². The minimum absolute atomic E-state index is 0. The highest BCUT2D eigenvalue weighted by Gasteiger charge is 2.18. The summed E-state index contributed by atoms with van der Waals surface area (Å²) >= 11 is 5.92. The minimum atomic E-state index is 0. The van der Waals surface area contributed by atoms with Crippen LogP contribution in [0.1, 0.15) is 12.8 Å². The van der Waals surface area contributed by atoms with E-state index in [1.165, 1.54) is 19.4 Å². The SMILES string of the molecule is Cl.ClCC1CCCN(CCOc2ccccc2)C1.